The Bertz CT molecular complexity index is 1470. The molecule has 1 aliphatic heterocycles. The molecular weight excluding hydrogens is 440 g/mol. The van der Waals surface area contributed by atoms with Crippen molar-refractivity contribution in [2.24, 2.45) is 0 Å². The topological polar surface area (TPSA) is 86.5 Å². The second kappa shape index (κ2) is 8.31. The largest absolute Gasteiger partial charge is 0.507 e. The molecule has 6 heteroatoms. The molecular formula is C29H28N2O4. The number of H-pyrrole nitrogens is 1. The monoisotopic (exact) mass is 468 g/mol. The fraction of sp³-hybridized carbons (Fsp3) is 0.241. The van der Waals surface area contributed by atoms with E-state index < -0.39 is 17.7 Å². The van der Waals surface area contributed by atoms with Gasteiger partial charge in [-0.2, -0.15) is 0 Å². The summed E-state index contributed by atoms with van der Waals surface area (Å²) in [5.74, 6) is -0.973. The molecule has 0 spiro atoms. The van der Waals surface area contributed by atoms with Crippen LogP contribution in [0.25, 0.3) is 16.7 Å². The molecule has 1 fully saturated rings. The van der Waals surface area contributed by atoms with Crippen molar-refractivity contribution in [1.82, 2.24) is 9.88 Å². The third-order valence-electron chi connectivity index (χ3n) is 6.72. The molecule has 0 radical (unpaired) electrons. The van der Waals surface area contributed by atoms with Crippen LogP contribution >= 0.6 is 0 Å². The van der Waals surface area contributed by atoms with E-state index in [4.69, 9.17) is 4.42 Å². The van der Waals surface area contributed by atoms with E-state index in [0.29, 0.717) is 11.3 Å². The van der Waals surface area contributed by atoms with Crippen molar-refractivity contribution >= 4 is 28.4 Å². The molecule has 0 bridgehead atoms. The van der Waals surface area contributed by atoms with Crippen LogP contribution in [0.3, 0.4) is 0 Å². The highest BCUT2D eigenvalue weighted by atomic mass is 16.3. The number of ketones is 1. The van der Waals surface area contributed by atoms with E-state index in [0.717, 1.165) is 27.6 Å². The Kier molecular flexibility index (Phi) is 5.39. The van der Waals surface area contributed by atoms with Gasteiger partial charge in [-0.1, -0.05) is 51.1 Å². The van der Waals surface area contributed by atoms with E-state index in [2.05, 4.69) is 25.8 Å². The van der Waals surface area contributed by atoms with Gasteiger partial charge in [-0.15, -0.1) is 0 Å². The molecule has 2 aromatic carbocycles. The minimum absolute atomic E-state index is 0.0838. The van der Waals surface area contributed by atoms with Crippen molar-refractivity contribution in [3.8, 4) is 0 Å². The number of Topliss-reactive ketones (excluding diaryl/α,β-unsaturated/α-hetero) is 1. The second-order valence-electron chi connectivity index (χ2n) is 10.1. The smallest absolute Gasteiger partial charge is 0.296 e. The fourth-order valence-electron chi connectivity index (χ4n) is 4.75. The van der Waals surface area contributed by atoms with Gasteiger partial charge >= 0.3 is 0 Å². The van der Waals surface area contributed by atoms with Gasteiger partial charge in [0.1, 0.15) is 11.5 Å². The first-order valence-electron chi connectivity index (χ1n) is 11.6. The van der Waals surface area contributed by atoms with Crippen LogP contribution in [0.4, 0.5) is 0 Å². The summed E-state index contributed by atoms with van der Waals surface area (Å²) in [6, 6.07) is 16.3. The van der Waals surface area contributed by atoms with Crippen molar-refractivity contribution in [3.05, 3.63) is 101 Å². The third-order valence-corrected chi connectivity index (χ3v) is 6.72. The quantitative estimate of drug-likeness (QED) is 0.219. The first-order chi connectivity index (χ1) is 16.7. The first-order valence-corrected chi connectivity index (χ1v) is 11.6. The lowest BCUT2D eigenvalue weighted by molar-refractivity contribution is -0.140. The average Bonchev–Trinajstić information content (AvgIpc) is 3.54. The Morgan fingerprint density at radius 1 is 1.09 bits per heavy atom. The van der Waals surface area contributed by atoms with Crippen LogP contribution in [0.15, 0.2) is 77.0 Å². The number of carbonyl (C=O) groups excluding carboxylic acids is 2. The van der Waals surface area contributed by atoms with Crippen LogP contribution in [0.2, 0.25) is 0 Å². The normalized spacial score (nSPS) is 18.1. The van der Waals surface area contributed by atoms with Crippen molar-refractivity contribution in [2.45, 2.75) is 45.7 Å². The summed E-state index contributed by atoms with van der Waals surface area (Å²) in [7, 11) is 0. The number of rotatable bonds is 4. The zero-order chi connectivity index (χ0) is 24.9. The van der Waals surface area contributed by atoms with E-state index in [9.17, 15) is 14.7 Å². The first kappa shape index (κ1) is 22.7. The summed E-state index contributed by atoms with van der Waals surface area (Å²) in [4.78, 5) is 31.5. The number of aromatic nitrogens is 1. The van der Waals surface area contributed by atoms with Crippen molar-refractivity contribution in [2.75, 3.05) is 0 Å². The van der Waals surface area contributed by atoms with Crippen LogP contribution in [-0.2, 0) is 21.5 Å². The van der Waals surface area contributed by atoms with Gasteiger partial charge in [0.15, 0.2) is 0 Å². The van der Waals surface area contributed by atoms with Gasteiger partial charge in [-0.05, 0) is 47.7 Å². The van der Waals surface area contributed by atoms with Gasteiger partial charge in [-0.3, -0.25) is 9.59 Å². The molecule has 178 valence electrons. The van der Waals surface area contributed by atoms with Crippen LogP contribution in [-0.4, -0.2) is 26.7 Å². The SMILES string of the molecule is Cc1ccc(C(C)(C)C)cc1/C(O)=C1\C(=O)C(=O)N(Cc2ccco2)C1c1c[nH]c2ccccc12. The van der Waals surface area contributed by atoms with Crippen molar-refractivity contribution < 1.29 is 19.1 Å². The molecule has 1 aliphatic rings. The number of amides is 1. The Morgan fingerprint density at radius 3 is 2.57 bits per heavy atom. The minimum Gasteiger partial charge on any atom is -0.507 e. The summed E-state index contributed by atoms with van der Waals surface area (Å²) in [6.45, 7) is 8.28. The van der Waals surface area contributed by atoms with Crippen LogP contribution in [0.1, 0.15) is 54.8 Å². The van der Waals surface area contributed by atoms with E-state index in [1.807, 2.05) is 55.6 Å². The lowest BCUT2D eigenvalue weighted by Gasteiger charge is -2.25. The summed E-state index contributed by atoms with van der Waals surface area (Å²) in [6.07, 6.45) is 3.34. The predicted octanol–water partition coefficient (Wildman–Crippen LogP) is 5.99. The number of aromatic amines is 1. The van der Waals surface area contributed by atoms with Gasteiger partial charge < -0.3 is 19.4 Å². The molecule has 1 amide bonds. The minimum atomic E-state index is -0.769. The number of likely N-dealkylation sites (tertiary alicyclic amines) is 1. The van der Waals surface area contributed by atoms with Gasteiger partial charge in [0, 0.05) is 28.2 Å². The van der Waals surface area contributed by atoms with Crippen LogP contribution < -0.4 is 0 Å². The van der Waals surface area contributed by atoms with Gasteiger partial charge in [0.25, 0.3) is 11.7 Å². The second-order valence-corrected chi connectivity index (χ2v) is 10.1. The summed E-state index contributed by atoms with van der Waals surface area (Å²) in [5.41, 5.74) is 3.97. The van der Waals surface area contributed by atoms with Crippen molar-refractivity contribution in [3.63, 3.8) is 0 Å². The van der Waals surface area contributed by atoms with E-state index in [-0.39, 0.29) is 23.3 Å². The Labute approximate surface area is 203 Å². The molecule has 2 N–H and O–H groups in total. The number of hydrogen-bond donors (Lipinski definition) is 2. The Morgan fingerprint density at radius 2 is 1.86 bits per heavy atom. The molecule has 5 rings (SSSR count). The highest BCUT2D eigenvalue weighted by Gasteiger charge is 2.47. The highest BCUT2D eigenvalue weighted by Crippen LogP contribution is 2.43. The van der Waals surface area contributed by atoms with Crippen LogP contribution in [0.5, 0.6) is 0 Å². The fourth-order valence-corrected chi connectivity index (χ4v) is 4.75. The lowest BCUT2D eigenvalue weighted by Crippen LogP contribution is -2.29. The molecule has 2 aromatic heterocycles. The molecule has 3 heterocycles. The number of carbonyl (C=O) groups is 2. The van der Waals surface area contributed by atoms with Gasteiger partial charge in [-0.25, -0.2) is 0 Å². The zero-order valence-corrected chi connectivity index (χ0v) is 20.3. The number of furan rings is 1. The van der Waals surface area contributed by atoms with Gasteiger partial charge in [0.2, 0.25) is 0 Å². The number of para-hydroxylation sites is 1. The molecule has 6 nitrogen and oxygen atoms in total. The van der Waals surface area contributed by atoms with E-state index >= 15 is 0 Å². The van der Waals surface area contributed by atoms with E-state index in [1.165, 1.54) is 11.2 Å². The maximum Gasteiger partial charge on any atom is 0.296 e. The summed E-state index contributed by atoms with van der Waals surface area (Å²) >= 11 is 0. The molecule has 1 atom stereocenters. The predicted molar refractivity (Wildman–Crippen MR) is 135 cm³/mol. The molecule has 1 saturated heterocycles. The average molecular weight is 469 g/mol. The standard InChI is InChI=1S/C29H28N2O4/c1-17-11-12-18(29(2,3)4)14-21(17)26(32)24-25(22-15-30-23-10-6-5-9-20(22)23)31(28(34)27(24)33)16-19-8-7-13-35-19/h5-15,25,30,32H,16H2,1-4H3/b26-24+. The Balaban J connectivity index is 1.74. The number of nitrogens with zero attached hydrogens (tertiary/aromatic N) is 1. The third kappa shape index (κ3) is 3.85. The molecule has 0 saturated carbocycles. The van der Waals surface area contributed by atoms with Crippen molar-refractivity contribution in [1.29, 1.82) is 0 Å². The summed E-state index contributed by atoms with van der Waals surface area (Å²) in [5, 5.41) is 12.5. The van der Waals surface area contributed by atoms with Crippen LogP contribution in [0, 0.1) is 6.92 Å². The number of aryl methyl sites for hydroxylation is 1. The number of benzene rings is 2. The van der Waals surface area contributed by atoms with E-state index in [1.54, 1.807) is 12.1 Å². The number of aliphatic hydroxyl groups is 1. The molecule has 0 aliphatic carbocycles. The number of hydrogen-bond acceptors (Lipinski definition) is 4. The summed E-state index contributed by atoms with van der Waals surface area (Å²) < 4.78 is 5.49. The number of aliphatic hydroxyl groups excluding tert-OH is 1. The number of fused-ring (bicyclic) bond motifs is 1. The maximum absolute atomic E-state index is 13.4. The highest BCUT2D eigenvalue weighted by molar-refractivity contribution is 6.46. The lowest BCUT2D eigenvalue weighted by atomic mass is 9.84. The zero-order valence-electron chi connectivity index (χ0n) is 20.3. The van der Waals surface area contributed by atoms with Gasteiger partial charge in [0.05, 0.1) is 24.4 Å². The molecule has 35 heavy (non-hydrogen) atoms. The Hall–Kier alpha value is -4.06. The molecule has 1 unspecified atom stereocenters. The maximum atomic E-state index is 13.4. The molecule has 4 aromatic rings. The number of nitrogens with one attached hydrogen (secondary N) is 1.